The van der Waals surface area contributed by atoms with Gasteiger partial charge in [0.25, 0.3) is 0 Å². The molecule has 0 aliphatic heterocycles. The van der Waals surface area contributed by atoms with E-state index in [2.05, 4.69) is 15.2 Å². The highest BCUT2D eigenvalue weighted by atomic mass is 35.5. The number of Topliss-reactive ketones (excluding diaryl/α,β-unsaturated/α-hetero) is 1. The Hall–Kier alpha value is -2.63. The number of phenolic OH excluding ortho intramolecular Hbond substituents is 1. The third-order valence-corrected chi connectivity index (χ3v) is 4.62. The minimum absolute atomic E-state index is 0.0189. The number of phenols is 1. The molecule has 0 radical (unpaired) electrons. The van der Waals surface area contributed by atoms with Crippen molar-refractivity contribution >= 4 is 35.2 Å². The average Bonchev–Trinajstić information content (AvgIpc) is 3.09. The minimum Gasteiger partial charge on any atom is -0.507 e. The number of ketones is 1. The number of nitrogens with one attached hydrogen (secondary N) is 1. The van der Waals surface area contributed by atoms with Crippen molar-refractivity contribution in [3.63, 3.8) is 0 Å². The van der Waals surface area contributed by atoms with Gasteiger partial charge in [-0.15, -0.1) is 0 Å². The molecule has 5 nitrogen and oxygen atoms in total. The number of carbonyl (C=O) groups is 1. The minimum atomic E-state index is -0.192. The summed E-state index contributed by atoms with van der Waals surface area (Å²) in [7, 11) is 0. The van der Waals surface area contributed by atoms with Crippen molar-refractivity contribution in [1.29, 1.82) is 0 Å². The number of aromatic hydroxyl groups is 1. The van der Waals surface area contributed by atoms with Gasteiger partial charge in [-0.25, -0.2) is 0 Å². The van der Waals surface area contributed by atoms with Gasteiger partial charge in [-0.1, -0.05) is 23.2 Å². The average molecular weight is 402 g/mol. The number of benzene rings is 2. The molecule has 138 valence electrons. The lowest BCUT2D eigenvalue weighted by atomic mass is 10.1. The van der Waals surface area contributed by atoms with Crippen molar-refractivity contribution in [3.05, 3.63) is 68.8 Å². The van der Waals surface area contributed by atoms with Crippen molar-refractivity contribution in [1.82, 2.24) is 10.2 Å². The Balaban J connectivity index is 1.71. The first kappa shape index (κ1) is 19.1. The number of H-pyrrole nitrogens is 1. The highest BCUT2D eigenvalue weighted by Gasteiger charge is 2.13. The number of aryl methyl sites for hydroxylation is 2. The second-order valence-corrected chi connectivity index (χ2v) is 7.03. The number of carbonyl (C=O) groups excluding carboxylic acids is 1. The van der Waals surface area contributed by atoms with Crippen LogP contribution in [0.25, 0.3) is 11.3 Å². The molecular weight excluding hydrogens is 385 g/mol. The van der Waals surface area contributed by atoms with Crippen LogP contribution in [0.15, 0.2) is 41.4 Å². The lowest BCUT2D eigenvalue weighted by Gasteiger charge is -2.04. The van der Waals surface area contributed by atoms with E-state index in [4.69, 9.17) is 23.2 Å². The second kappa shape index (κ2) is 7.94. The first-order chi connectivity index (χ1) is 12.8. The van der Waals surface area contributed by atoms with Crippen LogP contribution in [0.3, 0.4) is 0 Å². The molecular formula is C20H17Cl2N3O2. The van der Waals surface area contributed by atoms with E-state index in [-0.39, 0.29) is 18.1 Å². The number of nitrogens with zero attached hydrogens (tertiary/aromatic N) is 2. The zero-order valence-electron chi connectivity index (χ0n) is 14.8. The maximum atomic E-state index is 12.3. The van der Waals surface area contributed by atoms with Gasteiger partial charge in [-0.05, 0) is 66.9 Å². The van der Waals surface area contributed by atoms with Crippen LogP contribution in [0.1, 0.15) is 27.2 Å². The van der Waals surface area contributed by atoms with Crippen molar-refractivity contribution in [3.8, 4) is 17.0 Å². The first-order valence-electron chi connectivity index (χ1n) is 8.19. The van der Waals surface area contributed by atoms with E-state index in [1.54, 1.807) is 30.5 Å². The van der Waals surface area contributed by atoms with E-state index in [1.807, 2.05) is 26.0 Å². The third-order valence-electron chi connectivity index (χ3n) is 4.07. The van der Waals surface area contributed by atoms with Gasteiger partial charge in [0.05, 0.1) is 10.7 Å². The van der Waals surface area contributed by atoms with Crippen LogP contribution in [-0.4, -0.2) is 33.8 Å². The molecule has 27 heavy (non-hydrogen) atoms. The van der Waals surface area contributed by atoms with E-state index < -0.39 is 0 Å². The lowest BCUT2D eigenvalue weighted by molar-refractivity contribution is 0.0997. The van der Waals surface area contributed by atoms with Gasteiger partial charge in [0.1, 0.15) is 18.0 Å². The molecule has 1 aromatic heterocycles. The summed E-state index contributed by atoms with van der Waals surface area (Å²) in [6.07, 6.45) is 1.62. The number of rotatable bonds is 5. The van der Waals surface area contributed by atoms with Gasteiger partial charge < -0.3 is 5.11 Å². The largest absolute Gasteiger partial charge is 0.507 e. The first-order valence-corrected chi connectivity index (χ1v) is 8.95. The fraction of sp³-hybridized carbons (Fsp3) is 0.150. The van der Waals surface area contributed by atoms with Gasteiger partial charge in [-0.3, -0.25) is 14.9 Å². The Kier molecular flexibility index (Phi) is 5.63. The zero-order valence-corrected chi connectivity index (χ0v) is 16.3. The number of halogens is 2. The Morgan fingerprint density at radius 2 is 1.89 bits per heavy atom. The van der Waals surface area contributed by atoms with E-state index >= 15 is 0 Å². The number of aromatic amines is 1. The van der Waals surface area contributed by atoms with Crippen molar-refractivity contribution in [2.45, 2.75) is 13.8 Å². The number of hydrogen-bond donors (Lipinski definition) is 2. The van der Waals surface area contributed by atoms with Gasteiger partial charge >= 0.3 is 0 Å². The van der Waals surface area contributed by atoms with Gasteiger partial charge in [-0.2, -0.15) is 5.10 Å². The van der Waals surface area contributed by atoms with E-state index in [0.717, 1.165) is 16.7 Å². The van der Waals surface area contributed by atoms with Gasteiger partial charge in [0.15, 0.2) is 0 Å². The highest BCUT2D eigenvalue weighted by molar-refractivity contribution is 6.36. The topological polar surface area (TPSA) is 78.3 Å². The van der Waals surface area contributed by atoms with Crippen LogP contribution >= 0.6 is 23.2 Å². The molecule has 2 aromatic carbocycles. The van der Waals surface area contributed by atoms with Crippen LogP contribution in [0, 0.1) is 13.8 Å². The Morgan fingerprint density at radius 3 is 2.56 bits per heavy atom. The predicted molar refractivity (Wildman–Crippen MR) is 108 cm³/mol. The smallest absolute Gasteiger partial charge is 0.201 e. The molecule has 0 saturated carbocycles. The summed E-state index contributed by atoms with van der Waals surface area (Å²) in [5.41, 5.74) is 3.96. The summed E-state index contributed by atoms with van der Waals surface area (Å²) in [5, 5.41) is 17.7. The summed E-state index contributed by atoms with van der Waals surface area (Å²) in [6.45, 7) is 3.62. The van der Waals surface area contributed by atoms with Crippen LogP contribution in [0.4, 0.5) is 0 Å². The summed E-state index contributed by atoms with van der Waals surface area (Å²) in [4.78, 5) is 16.5. The van der Waals surface area contributed by atoms with Crippen LogP contribution in [0.2, 0.25) is 10.0 Å². The molecule has 3 rings (SSSR count). The molecule has 0 amide bonds. The lowest BCUT2D eigenvalue weighted by Crippen LogP contribution is -2.04. The Morgan fingerprint density at radius 1 is 1.19 bits per heavy atom. The number of hydrogen-bond acceptors (Lipinski definition) is 4. The normalized spacial score (nSPS) is 11.3. The van der Waals surface area contributed by atoms with Crippen molar-refractivity contribution in [2.75, 3.05) is 6.54 Å². The van der Waals surface area contributed by atoms with E-state index in [1.165, 1.54) is 0 Å². The molecule has 1 heterocycles. The van der Waals surface area contributed by atoms with Crippen molar-refractivity contribution in [2.24, 2.45) is 4.99 Å². The second-order valence-electron chi connectivity index (χ2n) is 6.19. The van der Waals surface area contributed by atoms with Crippen LogP contribution in [-0.2, 0) is 0 Å². The standard InChI is InChI=1S/C20H17Cl2N3O2/c1-11-5-13(6-12(2)20(11)27)9-23-10-19(26)18-8-17(24-25-18)15-4-3-14(21)7-16(15)22/h3-9,27H,10H2,1-2H3,(H,24,25). The molecule has 2 N–H and O–H groups in total. The van der Waals surface area contributed by atoms with Crippen molar-refractivity contribution < 1.29 is 9.90 Å². The quantitative estimate of drug-likeness (QED) is 0.465. The number of aromatic nitrogens is 2. The Labute approximate surface area is 166 Å². The fourth-order valence-corrected chi connectivity index (χ4v) is 3.19. The monoisotopic (exact) mass is 401 g/mol. The summed E-state index contributed by atoms with van der Waals surface area (Å²) in [5.74, 6) is 0.0800. The highest BCUT2D eigenvalue weighted by Crippen LogP contribution is 2.29. The SMILES string of the molecule is Cc1cc(C=NCC(=O)c2cc(-c3ccc(Cl)cc3Cl)n[nH]2)cc(C)c1O. The van der Waals surface area contributed by atoms with E-state index in [9.17, 15) is 9.90 Å². The molecule has 0 atom stereocenters. The fourth-order valence-electron chi connectivity index (χ4n) is 2.68. The van der Waals surface area contributed by atoms with Crippen LogP contribution in [0.5, 0.6) is 5.75 Å². The maximum absolute atomic E-state index is 12.3. The third kappa shape index (κ3) is 4.38. The molecule has 0 aliphatic rings. The zero-order chi connectivity index (χ0) is 19.6. The summed E-state index contributed by atoms with van der Waals surface area (Å²) >= 11 is 12.1. The molecule has 7 heteroatoms. The Bertz CT molecular complexity index is 1020. The van der Waals surface area contributed by atoms with Crippen LogP contribution < -0.4 is 0 Å². The molecule has 0 bridgehead atoms. The maximum Gasteiger partial charge on any atom is 0.201 e. The molecule has 0 aliphatic carbocycles. The number of aliphatic imine (C=N–C) groups is 1. The summed E-state index contributed by atoms with van der Waals surface area (Å²) < 4.78 is 0. The summed E-state index contributed by atoms with van der Waals surface area (Å²) in [6, 6.07) is 10.4. The molecule has 0 spiro atoms. The van der Waals surface area contributed by atoms with E-state index in [0.29, 0.717) is 27.0 Å². The molecule has 0 saturated heterocycles. The molecule has 3 aromatic rings. The molecule has 0 unspecified atom stereocenters. The molecule has 0 fully saturated rings. The van der Waals surface area contributed by atoms with Gasteiger partial charge in [0.2, 0.25) is 5.78 Å². The predicted octanol–water partition coefficient (Wildman–Crippen LogP) is 5.01. The van der Waals surface area contributed by atoms with Gasteiger partial charge in [0, 0.05) is 16.8 Å².